The van der Waals surface area contributed by atoms with E-state index in [1.54, 1.807) is 24.3 Å². The number of benzene rings is 1. The third kappa shape index (κ3) is 8.46. The Bertz CT molecular complexity index is 721. The Hall–Kier alpha value is -2.69. The van der Waals surface area contributed by atoms with Crippen molar-refractivity contribution in [3.05, 3.63) is 41.2 Å². The van der Waals surface area contributed by atoms with E-state index >= 15 is 0 Å². The molecule has 8 heteroatoms. The summed E-state index contributed by atoms with van der Waals surface area (Å²) in [6.45, 7) is 4.69. The summed E-state index contributed by atoms with van der Waals surface area (Å²) in [6.07, 6.45) is -0.453. The highest BCUT2D eigenvalue weighted by molar-refractivity contribution is 5.93. The molecule has 0 fully saturated rings. The molecular weight excluding hydrogens is 387 g/mol. The number of carbonyl (C=O) groups is 1. The number of allylic oxidation sites excluding steroid dienone is 1. The number of unbranched alkanes of at least 4 members (excludes halogenated alkanes) is 1. The Balaban J connectivity index is 2.52. The highest BCUT2D eigenvalue weighted by atomic mass is 19.4. The zero-order valence-electron chi connectivity index (χ0n) is 16.6. The fraction of sp³-hybridized carbons (Fsp3) is 0.524. The first-order chi connectivity index (χ1) is 13.7. The van der Waals surface area contributed by atoms with Crippen LogP contribution in [0.4, 0.5) is 13.2 Å². The van der Waals surface area contributed by atoms with Crippen LogP contribution in [0.25, 0.3) is 0 Å². The third-order valence-electron chi connectivity index (χ3n) is 4.40. The monoisotopic (exact) mass is 413 g/mol. The average Bonchev–Trinajstić information content (AvgIpc) is 2.69. The van der Waals surface area contributed by atoms with Gasteiger partial charge in [0.2, 0.25) is 5.76 Å². The summed E-state index contributed by atoms with van der Waals surface area (Å²) in [7, 11) is 0. The Labute approximate surface area is 168 Å². The lowest BCUT2D eigenvalue weighted by Gasteiger charge is -2.15. The van der Waals surface area contributed by atoms with E-state index in [-0.39, 0.29) is 13.0 Å². The molecule has 0 bridgehead atoms. The predicted octanol–water partition coefficient (Wildman–Crippen LogP) is 5.27. The van der Waals surface area contributed by atoms with Gasteiger partial charge in [-0.25, -0.2) is 4.79 Å². The molecule has 0 saturated carbocycles. The quantitative estimate of drug-likeness (QED) is 0.231. The number of nitrogens with zero attached hydrogens (tertiary/aromatic N) is 1. The zero-order chi connectivity index (χ0) is 21.9. The number of aliphatic hydroxyl groups excluding tert-OH is 1. The largest absolute Gasteiger partial charge is 0.503 e. The summed E-state index contributed by atoms with van der Waals surface area (Å²) in [5.41, 5.74) is -0.680. The number of hydrogen-bond acceptors (Lipinski definition) is 5. The maximum absolute atomic E-state index is 12.4. The molecule has 160 valence electrons. The molecular formula is C21H26F3NO4. The van der Waals surface area contributed by atoms with E-state index in [2.05, 4.69) is 18.6 Å². The van der Waals surface area contributed by atoms with Gasteiger partial charge in [0.15, 0.2) is 5.57 Å². The van der Waals surface area contributed by atoms with Gasteiger partial charge in [-0.1, -0.05) is 45.2 Å². The van der Waals surface area contributed by atoms with Crippen LogP contribution in [0.5, 0.6) is 5.75 Å². The molecule has 0 amide bonds. The van der Waals surface area contributed by atoms with E-state index in [0.29, 0.717) is 18.3 Å². The fourth-order valence-corrected chi connectivity index (χ4v) is 2.54. The van der Waals surface area contributed by atoms with Gasteiger partial charge in [0.1, 0.15) is 11.8 Å². The third-order valence-corrected chi connectivity index (χ3v) is 4.40. The van der Waals surface area contributed by atoms with Crippen LogP contribution in [0.2, 0.25) is 0 Å². The molecule has 0 aliphatic carbocycles. The van der Waals surface area contributed by atoms with Crippen LogP contribution in [-0.2, 0) is 16.0 Å². The predicted molar refractivity (Wildman–Crippen MR) is 101 cm³/mol. The van der Waals surface area contributed by atoms with E-state index in [4.69, 9.17) is 15.1 Å². The first-order valence-corrected chi connectivity index (χ1v) is 9.52. The topological polar surface area (TPSA) is 79.5 Å². The maximum atomic E-state index is 12.4. The van der Waals surface area contributed by atoms with E-state index in [1.165, 1.54) is 6.42 Å². The Morgan fingerprint density at radius 2 is 1.90 bits per heavy atom. The van der Waals surface area contributed by atoms with Gasteiger partial charge in [0, 0.05) is 6.42 Å². The van der Waals surface area contributed by atoms with Crippen molar-refractivity contribution < 1.29 is 32.5 Å². The molecule has 1 unspecified atom stereocenters. The van der Waals surface area contributed by atoms with Crippen molar-refractivity contribution in [2.24, 2.45) is 5.92 Å². The second-order valence-corrected chi connectivity index (χ2v) is 6.59. The first-order valence-electron chi connectivity index (χ1n) is 9.52. The van der Waals surface area contributed by atoms with E-state index < -0.39 is 23.5 Å². The number of aliphatic hydroxyl groups is 1. The van der Waals surface area contributed by atoms with Crippen LogP contribution < -0.4 is 4.74 Å². The van der Waals surface area contributed by atoms with Gasteiger partial charge < -0.3 is 14.6 Å². The molecule has 5 nitrogen and oxygen atoms in total. The van der Waals surface area contributed by atoms with Crippen LogP contribution in [0.1, 0.15) is 45.1 Å². The highest BCUT2D eigenvalue weighted by Crippen LogP contribution is 2.26. The molecule has 0 aliphatic heterocycles. The first kappa shape index (κ1) is 24.3. The number of halogens is 3. The minimum atomic E-state index is -5.19. The highest BCUT2D eigenvalue weighted by Gasteiger charge is 2.39. The number of hydrogen-bond donors (Lipinski definition) is 1. The van der Waals surface area contributed by atoms with Crippen LogP contribution >= 0.6 is 0 Å². The molecule has 0 aliphatic rings. The molecule has 1 aromatic rings. The minimum absolute atomic E-state index is 0.232. The van der Waals surface area contributed by atoms with Gasteiger partial charge in [0.05, 0.1) is 13.2 Å². The van der Waals surface area contributed by atoms with Gasteiger partial charge >= 0.3 is 12.1 Å². The smallest absolute Gasteiger partial charge is 0.450 e. The van der Waals surface area contributed by atoms with Crippen molar-refractivity contribution in [2.75, 3.05) is 13.2 Å². The molecule has 0 aromatic heterocycles. The van der Waals surface area contributed by atoms with Crippen molar-refractivity contribution in [2.45, 2.75) is 52.1 Å². The second kappa shape index (κ2) is 12.0. The molecule has 0 heterocycles. The summed E-state index contributed by atoms with van der Waals surface area (Å²) in [4.78, 5) is 11.6. The van der Waals surface area contributed by atoms with Crippen LogP contribution in [0.3, 0.4) is 0 Å². The summed E-state index contributed by atoms with van der Waals surface area (Å²) in [5, 5.41) is 17.6. The maximum Gasteiger partial charge on any atom is 0.450 e. The molecule has 1 N–H and O–H groups in total. The van der Waals surface area contributed by atoms with Crippen molar-refractivity contribution in [1.29, 1.82) is 5.26 Å². The Morgan fingerprint density at radius 3 is 2.41 bits per heavy atom. The number of alkyl halides is 3. The molecule has 0 spiro atoms. The SMILES string of the molecule is CCCCC(CC)COc1ccc(CCOC(=O)/C(C#N)=C(\O)C(F)(F)F)cc1. The molecule has 0 saturated heterocycles. The Morgan fingerprint density at radius 1 is 1.24 bits per heavy atom. The zero-order valence-corrected chi connectivity index (χ0v) is 16.6. The molecule has 1 atom stereocenters. The number of nitriles is 1. The van der Waals surface area contributed by atoms with E-state index in [0.717, 1.165) is 30.9 Å². The number of ether oxygens (including phenoxy) is 2. The summed E-state index contributed by atoms with van der Waals surface area (Å²) < 4.78 is 47.6. The van der Waals surface area contributed by atoms with Crippen LogP contribution in [0, 0.1) is 17.2 Å². The number of rotatable bonds is 11. The fourth-order valence-electron chi connectivity index (χ4n) is 2.54. The van der Waals surface area contributed by atoms with Gasteiger partial charge in [-0.05, 0) is 30.0 Å². The lowest BCUT2D eigenvalue weighted by atomic mass is 10.0. The van der Waals surface area contributed by atoms with Gasteiger partial charge in [0.25, 0.3) is 0 Å². The molecule has 1 rings (SSSR count). The molecule has 29 heavy (non-hydrogen) atoms. The summed E-state index contributed by atoms with van der Waals surface area (Å²) >= 11 is 0. The van der Waals surface area contributed by atoms with Crippen molar-refractivity contribution in [1.82, 2.24) is 0 Å². The normalized spacial score (nSPS) is 13.2. The lowest BCUT2D eigenvalue weighted by molar-refractivity contribution is -0.142. The minimum Gasteiger partial charge on any atom is -0.503 e. The molecule has 0 radical (unpaired) electrons. The van der Waals surface area contributed by atoms with Gasteiger partial charge in [-0.15, -0.1) is 0 Å². The van der Waals surface area contributed by atoms with Gasteiger partial charge in [-0.2, -0.15) is 18.4 Å². The second-order valence-electron chi connectivity index (χ2n) is 6.59. The number of carbonyl (C=O) groups excluding carboxylic acids is 1. The van der Waals surface area contributed by atoms with Crippen LogP contribution in [0.15, 0.2) is 35.6 Å². The molecule has 1 aromatic carbocycles. The van der Waals surface area contributed by atoms with Gasteiger partial charge in [-0.3, -0.25) is 0 Å². The van der Waals surface area contributed by atoms with Crippen molar-refractivity contribution >= 4 is 5.97 Å². The summed E-state index contributed by atoms with van der Waals surface area (Å²) in [6, 6.07) is 8.11. The summed E-state index contributed by atoms with van der Waals surface area (Å²) in [5.74, 6) is -2.55. The van der Waals surface area contributed by atoms with Crippen LogP contribution in [-0.4, -0.2) is 30.5 Å². The number of esters is 1. The van der Waals surface area contributed by atoms with Crippen molar-refractivity contribution in [3.63, 3.8) is 0 Å². The van der Waals surface area contributed by atoms with E-state index in [9.17, 15) is 18.0 Å². The van der Waals surface area contributed by atoms with Crippen molar-refractivity contribution in [3.8, 4) is 11.8 Å². The van der Waals surface area contributed by atoms with E-state index in [1.807, 2.05) is 0 Å². The standard InChI is InChI=1S/C21H26F3NO4/c1-3-5-6-15(4-2)14-29-17-9-7-16(8-10-17)11-12-28-20(27)18(13-25)19(26)21(22,23)24/h7-10,15,26H,3-6,11-12,14H2,1-2H3/b19-18-. The average molecular weight is 413 g/mol. The lowest BCUT2D eigenvalue weighted by Crippen LogP contribution is -2.19. The Kier molecular flexibility index (Phi) is 10.1.